The van der Waals surface area contributed by atoms with Crippen molar-refractivity contribution < 1.29 is 13.9 Å². The molecule has 0 saturated carbocycles. The van der Waals surface area contributed by atoms with E-state index in [9.17, 15) is 4.39 Å². The molecule has 1 aromatic heterocycles. The van der Waals surface area contributed by atoms with Crippen LogP contribution in [0, 0.1) is 5.82 Å². The highest BCUT2D eigenvalue weighted by Gasteiger charge is 2.11. The Hall–Kier alpha value is -2.25. The number of halogens is 2. The van der Waals surface area contributed by atoms with Crippen LogP contribution in [0.2, 0.25) is 5.02 Å². The Labute approximate surface area is 160 Å². The van der Waals surface area contributed by atoms with Gasteiger partial charge in [0.2, 0.25) is 0 Å². The second kappa shape index (κ2) is 8.42. The molecule has 0 unspecified atom stereocenters. The maximum atomic E-state index is 13.2. The fourth-order valence-corrected chi connectivity index (χ4v) is 3.26. The van der Waals surface area contributed by atoms with Crippen LogP contribution in [0.1, 0.15) is 11.4 Å². The molecule has 1 heterocycles. The molecule has 0 aliphatic carbocycles. The molecule has 0 spiro atoms. The summed E-state index contributed by atoms with van der Waals surface area (Å²) in [5, 5.41) is 9.15. The van der Waals surface area contributed by atoms with E-state index in [2.05, 4.69) is 10.2 Å². The molecule has 0 amide bonds. The third kappa shape index (κ3) is 4.47. The van der Waals surface area contributed by atoms with Crippen LogP contribution in [0.5, 0.6) is 11.5 Å². The van der Waals surface area contributed by atoms with Gasteiger partial charge in [0.15, 0.2) is 11.0 Å². The zero-order chi connectivity index (χ0) is 18.5. The first-order valence-corrected chi connectivity index (χ1v) is 9.15. The predicted molar refractivity (Wildman–Crippen MR) is 99.3 cm³/mol. The molecule has 0 atom stereocenters. The van der Waals surface area contributed by atoms with Crippen LogP contribution in [0.25, 0.3) is 0 Å². The van der Waals surface area contributed by atoms with Crippen molar-refractivity contribution in [2.45, 2.75) is 17.5 Å². The van der Waals surface area contributed by atoms with Gasteiger partial charge in [0.25, 0.3) is 0 Å². The van der Waals surface area contributed by atoms with E-state index in [0.29, 0.717) is 11.6 Å². The third-order valence-electron chi connectivity index (χ3n) is 3.69. The summed E-state index contributed by atoms with van der Waals surface area (Å²) < 4.78 is 25.9. The molecular formula is C18H17ClFN3O2S. The Morgan fingerprint density at radius 3 is 2.77 bits per heavy atom. The number of thioether (sulfide) groups is 1. The van der Waals surface area contributed by atoms with Crippen LogP contribution in [-0.2, 0) is 19.4 Å². The van der Waals surface area contributed by atoms with Gasteiger partial charge in [0.1, 0.15) is 23.9 Å². The minimum absolute atomic E-state index is 0.0231. The number of rotatable bonds is 7. The van der Waals surface area contributed by atoms with Gasteiger partial charge in [-0.3, -0.25) is 0 Å². The fourth-order valence-electron chi connectivity index (χ4n) is 2.22. The number of aromatic nitrogens is 3. The molecule has 0 N–H and O–H groups in total. The lowest BCUT2D eigenvalue weighted by Gasteiger charge is -2.07. The van der Waals surface area contributed by atoms with Gasteiger partial charge >= 0.3 is 0 Å². The number of benzene rings is 2. The molecular weight excluding hydrogens is 377 g/mol. The molecule has 26 heavy (non-hydrogen) atoms. The van der Waals surface area contributed by atoms with Gasteiger partial charge < -0.3 is 14.0 Å². The van der Waals surface area contributed by atoms with E-state index in [4.69, 9.17) is 21.1 Å². The summed E-state index contributed by atoms with van der Waals surface area (Å²) in [6.45, 7) is 0.213. The van der Waals surface area contributed by atoms with Crippen molar-refractivity contribution in [2.75, 3.05) is 7.11 Å². The summed E-state index contributed by atoms with van der Waals surface area (Å²) in [7, 11) is 3.53. The quantitative estimate of drug-likeness (QED) is 0.553. The van der Waals surface area contributed by atoms with Gasteiger partial charge in [-0.25, -0.2) is 4.39 Å². The normalized spacial score (nSPS) is 10.8. The Morgan fingerprint density at radius 2 is 2.00 bits per heavy atom. The molecule has 0 aliphatic rings. The van der Waals surface area contributed by atoms with Crippen LogP contribution in [0.15, 0.2) is 47.6 Å². The van der Waals surface area contributed by atoms with E-state index >= 15 is 0 Å². The van der Waals surface area contributed by atoms with E-state index in [1.165, 1.54) is 18.2 Å². The standard InChI is InChI=1S/C18H17ClFN3O2S/c1-23-17(10-25-14-6-7-16(20)15(19)9-14)21-22-18(23)26-11-12-4-3-5-13(8-12)24-2/h3-9H,10-11H2,1-2H3. The van der Waals surface area contributed by atoms with Crippen molar-refractivity contribution >= 4 is 23.4 Å². The SMILES string of the molecule is COc1cccc(CSc2nnc(COc3ccc(F)c(Cl)c3)n2C)c1. The number of hydrogen-bond donors (Lipinski definition) is 0. The molecule has 0 aliphatic heterocycles. The first kappa shape index (κ1) is 18.5. The lowest BCUT2D eigenvalue weighted by Crippen LogP contribution is -2.04. The Balaban J connectivity index is 1.61. The molecule has 2 aromatic carbocycles. The lowest BCUT2D eigenvalue weighted by atomic mass is 10.2. The molecule has 0 saturated heterocycles. The van der Waals surface area contributed by atoms with Crippen LogP contribution in [0.4, 0.5) is 4.39 Å². The smallest absolute Gasteiger partial charge is 0.191 e. The van der Waals surface area contributed by atoms with Crippen LogP contribution in [0.3, 0.4) is 0 Å². The second-order valence-electron chi connectivity index (χ2n) is 5.46. The van der Waals surface area contributed by atoms with Crippen molar-refractivity contribution in [2.24, 2.45) is 7.05 Å². The van der Waals surface area contributed by atoms with E-state index in [-0.39, 0.29) is 11.6 Å². The maximum absolute atomic E-state index is 13.2. The molecule has 3 rings (SSSR count). The zero-order valence-electron chi connectivity index (χ0n) is 14.3. The van der Waals surface area contributed by atoms with Gasteiger partial charge in [0, 0.05) is 18.9 Å². The average Bonchev–Trinajstić information content (AvgIpc) is 3.01. The molecule has 0 bridgehead atoms. The van der Waals surface area contributed by atoms with E-state index in [1.54, 1.807) is 18.9 Å². The molecule has 136 valence electrons. The average molecular weight is 394 g/mol. The number of nitrogens with zero attached hydrogens (tertiary/aromatic N) is 3. The fraction of sp³-hybridized carbons (Fsp3) is 0.222. The van der Waals surface area contributed by atoms with Gasteiger partial charge in [-0.05, 0) is 29.8 Å². The largest absolute Gasteiger partial charge is 0.497 e. The predicted octanol–water partition coefficient (Wildman–Crippen LogP) is 4.49. The highest BCUT2D eigenvalue weighted by molar-refractivity contribution is 7.98. The van der Waals surface area contributed by atoms with Crippen molar-refractivity contribution in [1.29, 1.82) is 0 Å². The molecule has 0 fully saturated rings. The first-order valence-electron chi connectivity index (χ1n) is 7.78. The molecule has 0 radical (unpaired) electrons. The van der Waals surface area contributed by atoms with Crippen molar-refractivity contribution in [3.63, 3.8) is 0 Å². The molecule has 8 heteroatoms. The van der Waals surface area contributed by atoms with Crippen molar-refractivity contribution in [1.82, 2.24) is 14.8 Å². The van der Waals surface area contributed by atoms with Crippen molar-refractivity contribution in [3.8, 4) is 11.5 Å². The highest BCUT2D eigenvalue weighted by Crippen LogP contribution is 2.25. The van der Waals surface area contributed by atoms with Gasteiger partial charge in [-0.15, -0.1) is 10.2 Å². The van der Waals surface area contributed by atoms with E-state index < -0.39 is 5.82 Å². The molecule has 5 nitrogen and oxygen atoms in total. The first-order chi connectivity index (χ1) is 12.6. The molecule has 3 aromatic rings. The van der Waals surface area contributed by atoms with E-state index in [1.807, 2.05) is 35.9 Å². The summed E-state index contributed by atoms with van der Waals surface area (Å²) in [6, 6.07) is 12.1. The minimum Gasteiger partial charge on any atom is -0.497 e. The topological polar surface area (TPSA) is 49.2 Å². The van der Waals surface area contributed by atoms with Gasteiger partial charge in [-0.1, -0.05) is 35.5 Å². The summed E-state index contributed by atoms with van der Waals surface area (Å²) in [5.74, 6) is 2.24. The van der Waals surface area contributed by atoms with Crippen molar-refractivity contribution in [3.05, 3.63) is 64.7 Å². The lowest BCUT2D eigenvalue weighted by molar-refractivity contribution is 0.290. The van der Waals surface area contributed by atoms with E-state index in [0.717, 1.165) is 22.2 Å². The Morgan fingerprint density at radius 1 is 1.15 bits per heavy atom. The minimum atomic E-state index is -0.478. The summed E-state index contributed by atoms with van der Waals surface area (Å²) >= 11 is 7.33. The Kier molecular flexibility index (Phi) is 6.00. The Bertz CT molecular complexity index is 904. The summed E-state index contributed by atoms with van der Waals surface area (Å²) in [4.78, 5) is 0. The van der Waals surface area contributed by atoms with Gasteiger partial charge in [-0.2, -0.15) is 0 Å². The van der Waals surface area contributed by atoms with Gasteiger partial charge in [0.05, 0.1) is 12.1 Å². The number of hydrogen-bond acceptors (Lipinski definition) is 5. The summed E-state index contributed by atoms with van der Waals surface area (Å²) in [6.07, 6.45) is 0. The third-order valence-corrected chi connectivity index (χ3v) is 5.07. The zero-order valence-corrected chi connectivity index (χ0v) is 15.9. The number of methoxy groups -OCH3 is 1. The van der Waals surface area contributed by atoms with Crippen LogP contribution < -0.4 is 9.47 Å². The maximum Gasteiger partial charge on any atom is 0.191 e. The number of ether oxygens (including phenoxy) is 2. The highest BCUT2D eigenvalue weighted by atomic mass is 35.5. The summed E-state index contributed by atoms with van der Waals surface area (Å²) in [5.41, 5.74) is 1.14. The van der Waals surface area contributed by atoms with Crippen LogP contribution >= 0.6 is 23.4 Å². The second-order valence-corrected chi connectivity index (χ2v) is 6.81. The monoisotopic (exact) mass is 393 g/mol. The van der Waals surface area contributed by atoms with Crippen LogP contribution in [-0.4, -0.2) is 21.9 Å².